The van der Waals surface area contributed by atoms with Crippen molar-refractivity contribution < 1.29 is 9.53 Å². The van der Waals surface area contributed by atoms with Crippen LogP contribution in [0.2, 0.25) is 5.02 Å². The van der Waals surface area contributed by atoms with Crippen LogP contribution in [0.4, 0.5) is 5.95 Å². The zero-order chi connectivity index (χ0) is 23.7. The van der Waals surface area contributed by atoms with Crippen LogP contribution in [0.15, 0.2) is 30.5 Å². The van der Waals surface area contributed by atoms with Gasteiger partial charge in [0.15, 0.2) is 0 Å². The van der Waals surface area contributed by atoms with E-state index < -0.39 is 0 Å². The van der Waals surface area contributed by atoms with Crippen molar-refractivity contribution in [2.75, 3.05) is 38.7 Å². The van der Waals surface area contributed by atoms with Gasteiger partial charge in [-0.25, -0.2) is 9.97 Å². The Morgan fingerprint density at radius 1 is 1.24 bits per heavy atom. The minimum Gasteiger partial charge on any atom is -0.381 e. The topological polar surface area (TPSA) is 70.6 Å². The summed E-state index contributed by atoms with van der Waals surface area (Å²) in [6.45, 7) is 6.00. The number of benzene rings is 1. The van der Waals surface area contributed by atoms with Crippen LogP contribution in [-0.2, 0) is 22.5 Å². The standard InChI is InChI=1S/C26H34ClN5O2/c1-17-12-19-14-28-26(29-21-7-10-34-11-8-21)30-24(19)16-32(17)25(33)22-6-9-31(2)15-23(22)18-4-3-5-20(27)13-18/h3-5,13-14,17,21-23H,6-12,15-16H2,1-2H3,(H,28,29,30)/t17-,22+,23-/m1/s1. The van der Waals surface area contributed by atoms with Gasteiger partial charge in [0.25, 0.3) is 0 Å². The number of rotatable bonds is 4. The highest BCUT2D eigenvalue weighted by molar-refractivity contribution is 6.30. The van der Waals surface area contributed by atoms with Gasteiger partial charge in [0, 0.05) is 54.9 Å². The molecule has 3 aliphatic heterocycles. The molecule has 0 bridgehead atoms. The van der Waals surface area contributed by atoms with E-state index >= 15 is 0 Å². The molecule has 1 amide bonds. The maximum Gasteiger partial charge on any atom is 0.227 e. The van der Waals surface area contributed by atoms with E-state index in [1.807, 2.05) is 29.3 Å². The molecule has 2 saturated heterocycles. The molecule has 7 nitrogen and oxygen atoms in total. The van der Waals surface area contributed by atoms with Gasteiger partial charge in [-0.2, -0.15) is 0 Å². The number of likely N-dealkylation sites (tertiary alicyclic amines) is 1. The molecule has 2 fully saturated rings. The average molecular weight is 484 g/mol. The SMILES string of the molecule is C[C@@H]1Cc2cnc(NC3CCOCC3)nc2CN1C(=O)[C@H]1CCN(C)C[C@@H]1c1cccc(Cl)c1. The lowest BCUT2D eigenvalue weighted by atomic mass is 9.79. The van der Waals surface area contributed by atoms with Gasteiger partial charge in [-0.1, -0.05) is 23.7 Å². The Hall–Kier alpha value is -2.22. The van der Waals surface area contributed by atoms with E-state index in [4.69, 9.17) is 21.3 Å². The summed E-state index contributed by atoms with van der Waals surface area (Å²) < 4.78 is 5.46. The van der Waals surface area contributed by atoms with Gasteiger partial charge in [0.2, 0.25) is 11.9 Å². The van der Waals surface area contributed by atoms with Crippen LogP contribution in [-0.4, -0.2) is 71.1 Å². The molecule has 4 heterocycles. The molecule has 0 unspecified atom stereocenters. The van der Waals surface area contributed by atoms with Crippen LogP contribution in [0.3, 0.4) is 0 Å². The quantitative estimate of drug-likeness (QED) is 0.714. The number of amides is 1. The summed E-state index contributed by atoms with van der Waals surface area (Å²) in [5.41, 5.74) is 3.25. The average Bonchev–Trinajstić information content (AvgIpc) is 2.84. The van der Waals surface area contributed by atoms with E-state index in [1.165, 1.54) is 0 Å². The summed E-state index contributed by atoms with van der Waals surface area (Å²) >= 11 is 6.30. The first-order chi connectivity index (χ1) is 16.5. The van der Waals surface area contributed by atoms with Crippen molar-refractivity contribution in [1.29, 1.82) is 0 Å². The van der Waals surface area contributed by atoms with Gasteiger partial charge in [-0.15, -0.1) is 0 Å². The number of halogens is 1. The van der Waals surface area contributed by atoms with Gasteiger partial charge in [0.1, 0.15) is 0 Å². The fraction of sp³-hybridized carbons (Fsp3) is 0.577. The van der Waals surface area contributed by atoms with E-state index in [-0.39, 0.29) is 23.8 Å². The number of hydrogen-bond acceptors (Lipinski definition) is 6. The summed E-state index contributed by atoms with van der Waals surface area (Å²) in [4.78, 5) is 27.7. The third kappa shape index (κ3) is 5.07. The highest BCUT2D eigenvalue weighted by atomic mass is 35.5. The van der Waals surface area contributed by atoms with Crippen LogP contribution in [0.25, 0.3) is 0 Å². The van der Waals surface area contributed by atoms with E-state index in [0.717, 1.165) is 73.8 Å². The number of hydrogen-bond donors (Lipinski definition) is 1. The Morgan fingerprint density at radius 3 is 2.85 bits per heavy atom. The first-order valence-corrected chi connectivity index (χ1v) is 12.8. The Balaban J connectivity index is 1.35. The second-order valence-corrected chi connectivity index (χ2v) is 10.5. The molecular weight excluding hydrogens is 450 g/mol. The second kappa shape index (κ2) is 10.2. The number of aromatic nitrogens is 2. The van der Waals surface area contributed by atoms with Crippen molar-refractivity contribution >= 4 is 23.5 Å². The lowest BCUT2D eigenvalue weighted by molar-refractivity contribution is -0.141. The van der Waals surface area contributed by atoms with Gasteiger partial charge >= 0.3 is 0 Å². The van der Waals surface area contributed by atoms with Gasteiger partial charge in [0.05, 0.1) is 12.2 Å². The molecule has 3 aliphatic rings. The Kier molecular flexibility index (Phi) is 7.04. The lowest BCUT2D eigenvalue weighted by Gasteiger charge is -2.42. The summed E-state index contributed by atoms with van der Waals surface area (Å²) in [6, 6.07) is 8.46. The molecule has 0 radical (unpaired) electrons. The first-order valence-electron chi connectivity index (χ1n) is 12.4. The molecule has 182 valence electrons. The zero-order valence-corrected chi connectivity index (χ0v) is 20.8. The molecule has 1 aromatic carbocycles. The number of carbonyl (C=O) groups is 1. The number of anilines is 1. The molecular formula is C26H34ClN5O2. The monoisotopic (exact) mass is 483 g/mol. The van der Waals surface area contributed by atoms with E-state index in [9.17, 15) is 4.79 Å². The minimum absolute atomic E-state index is 0.0552. The molecule has 1 N–H and O–H groups in total. The molecule has 2 aromatic rings. The molecule has 0 spiro atoms. The lowest BCUT2D eigenvalue weighted by Crippen LogP contribution is -2.50. The van der Waals surface area contributed by atoms with Crippen LogP contribution < -0.4 is 5.32 Å². The second-order valence-electron chi connectivity index (χ2n) is 10.0. The third-order valence-corrected chi connectivity index (χ3v) is 7.80. The highest BCUT2D eigenvalue weighted by Crippen LogP contribution is 2.36. The first kappa shape index (κ1) is 23.5. The number of ether oxygens (including phenoxy) is 1. The largest absolute Gasteiger partial charge is 0.381 e. The van der Waals surface area contributed by atoms with Crippen molar-refractivity contribution in [2.45, 2.75) is 57.2 Å². The number of likely N-dealkylation sites (N-methyl/N-ethyl adjacent to an activating group) is 1. The number of fused-ring (bicyclic) bond motifs is 1. The Labute approximate surface area is 206 Å². The fourth-order valence-electron chi connectivity index (χ4n) is 5.58. The summed E-state index contributed by atoms with van der Waals surface area (Å²) in [5.74, 6) is 0.965. The van der Waals surface area contributed by atoms with E-state index in [1.54, 1.807) is 0 Å². The molecule has 0 saturated carbocycles. The van der Waals surface area contributed by atoms with Crippen molar-refractivity contribution in [2.24, 2.45) is 5.92 Å². The van der Waals surface area contributed by atoms with Crippen molar-refractivity contribution in [1.82, 2.24) is 19.8 Å². The maximum atomic E-state index is 14.0. The smallest absolute Gasteiger partial charge is 0.227 e. The van der Waals surface area contributed by atoms with E-state index in [2.05, 4.69) is 35.2 Å². The fourth-order valence-corrected chi connectivity index (χ4v) is 5.78. The van der Waals surface area contributed by atoms with Crippen LogP contribution >= 0.6 is 11.6 Å². The van der Waals surface area contributed by atoms with Crippen LogP contribution in [0, 0.1) is 5.92 Å². The van der Waals surface area contributed by atoms with Crippen molar-refractivity contribution in [3.05, 3.63) is 52.3 Å². The van der Waals surface area contributed by atoms with Crippen LogP contribution in [0.1, 0.15) is 48.9 Å². The number of carbonyl (C=O) groups excluding carboxylic acids is 1. The van der Waals surface area contributed by atoms with Crippen molar-refractivity contribution in [3.63, 3.8) is 0 Å². The molecule has 3 atom stereocenters. The predicted octanol–water partition coefficient (Wildman–Crippen LogP) is 3.73. The maximum absolute atomic E-state index is 14.0. The third-order valence-electron chi connectivity index (χ3n) is 7.57. The zero-order valence-electron chi connectivity index (χ0n) is 20.0. The minimum atomic E-state index is -0.0552. The Bertz CT molecular complexity index is 1030. The normalized spacial score (nSPS) is 26.2. The highest BCUT2D eigenvalue weighted by Gasteiger charge is 2.39. The number of nitrogens with zero attached hydrogens (tertiary/aromatic N) is 4. The Morgan fingerprint density at radius 2 is 2.06 bits per heavy atom. The predicted molar refractivity (Wildman–Crippen MR) is 133 cm³/mol. The molecule has 0 aliphatic carbocycles. The van der Waals surface area contributed by atoms with Gasteiger partial charge < -0.3 is 19.9 Å². The molecule has 5 rings (SSSR count). The molecule has 1 aromatic heterocycles. The van der Waals surface area contributed by atoms with Crippen molar-refractivity contribution in [3.8, 4) is 0 Å². The number of nitrogens with one attached hydrogen (secondary N) is 1. The van der Waals surface area contributed by atoms with E-state index in [0.29, 0.717) is 18.5 Å². The summed E-state index contributed by atoms with van der Waals surface area (Å²) in [6.07, 6.45) is 5.49. The molecule has 34 heavy (non-hydrogen) atoms. The van der Waals surface area contributed by atoms with Gasteiger partial charge in [-0.3, -0.25) is 4.79 Å². The number of piperidine rings is 1. The summed E-state index contributed by atoms with van der Waals surface area (Å²) in [7, 11) is 2.13. The molecule has 8 heteroatoms. The van der Waals surface area contributed by atoms with Gasteiger partial charge in [-0.05, 0) is 69.5 Å². The summed E-state index contributed by atoms with van der Waals surface area (Å²) in [5, 5.41) is 4.19. The van der Waals surface area contributed by atoms with Crippen LogP contribution in [0.5, 0.6) is 0 Å².